The number of hydrogen-bond donors (Lipinski definition) is 0. The van der Waals surface area contributed by atoms with E-state index in [1.807, 2.05) is 29.2 Å². The molecular formula is C27H28ClFN2OS. The van der Waals surface area contributed by atoms with Crippen LogP contribution in [0.1, 0.15) is 46.2 Å². The summed E-state index contributed by atoms with van der Waals surface area (Å²) in [6, 6.07) is 16.4. The van der Waals surface area contributed by atoms with Crippen LogP contribution in [0.15, 0.2) is 65.4 Å². The second kappa shape index (κ2) is 9.96. The van der Waals surface area contributed by atoms with Gasteiger partial charge in [-0.2, -0.15) is 11.3 Å². The maximum atomic E-state index is 13.3. The second-order valence-corrected chi connectivity index (χ2v) is 10.5. The third-order valence-electron chi connectivity index (χ3n) is 7.19. The maximum Gasteiger partial charge on any atom is 0.253 e. The molecule has 6 heteroatoms. The normalized spacial score (nSPS) is 22.1. The number of likely N-dealkylation sites (tertiary alicyclic amines) is 2. The Bertz CT molecular complexity index is 1080. The second-order valence-electron chi connectivity index (χ2n) is 9.27. The molecule has 1 unspecified atom stereocenters. The minimum atomic E-state index is -0.172. The number of halogens is 2. The van der Waals surface area contributed by atoms with Crippen LogP contribution in [-0.4, -0.2) is 48.4 Å². The highest BCUT2D eigenvalue weighted by Crippen LogP contribution is 2.36. The summed E-state index contributed by atoms with van der Waals surface area (Å²) in [5.41, 5.74) is 3.24. The summed E-state index contributed by atoms with van der Waals surface area (Å²) in [6.45, 7) is 4.59. The van der Waals surface area contributed by atoms with Crippen LogP contribution in [0, 0.1) is 11.7 Å². The van der Waals surface area contributed by atoms with Crippen molar-refractivity contribution in [3.8, 4) is 0 Å². The van der Waals surface area contributed by atoms with Crippen LogP contribution in [0.3, 0.4) is 0 Å². The van der Waals surface area contributed by atoms with Crippen LogP contribution in [0.25, 0.3) is 0 Å². The van der Waals surface area contributed by atoms with Gasteiger partial charge in [-0.1, -0.05) is 29.8 Å². The largest absolute Gasteiger partial charge is 0.338 e. The lowest BCUT2D eigenvalue weighted by Gasteiger charge is -2.34. The van der Waals surface area contributed by atoms with Gasteiger partial charge in [-0.15, -0.1) is 0 Å². The molecule has 2 fully saturated rings. The summed E-state index contributed by atoms with van der Waals surface area (Å²) in [5.74, 6) is 1.15. The summed E-state index contributed by atoms with van der Waals surface area (Å²) in [6.07, 6.45) is 2.18. The Labute approximate surface area is 203 Å². The van der Waals surface area contributed by atoms with Crippen molar-refractivity contribution in [3.05, 3.63) is 92.9 Å². The monoisotopic (exact) mass is 482 g/mol. The van der Waals surface area contributed by atoms with Crippen LogP contribution < -0.4 is 0 Å². The molecule has 2 saturated heterocycles. The molecule has 3 aromatic rings. The third kappa shape index (κ3) is 5.16. The Kier molecular flexibility index (Phi) is 6.81. The van der Waals surface area contributed by atoms with Crippen molar-refractivity contribution in [2.24, 2.45) is 5.92 Å². The zero-order chi connectivity index (χ0) is 22.8. The van der Waals surface area contributed by atoms with E-state index in [2.05, 4.69) is 21.7 Å². The molecule has 0 aliphatic carbocycles. The fraction of sp³-hybridized carbons (Fsp3) is 0.370. The summed E-state index contributed by atoms with van der Waals surface area (Å²) < 4.78 is 13.3. The molecule has 172 valence electrons. The number of nitrogens with zero attached hydrogens (tertiary/aromatic N) is 2. The predicted octanol–water partition coefficient (Wildman–Crippen LogP) is 6.28. The van der Waals surface area contributed by atoms with Crippen LogP contribution >= 0.6 is 22.9 Å². The molecule has 1 aromatic heterocycles. The van der Waals surface area contributed by atoms with Gasteiger partial charge in [0.2, 0.25) is 0 Å². The van der Waals surface area contributed by atoms with Crippen LogP contribution in [-0.2, 0) is 0 Å². The molecule has 2 aliphatic rings. The van der Waals surface area contributed by atoms with Crippen LogP contribution in [0.5, 0.6) is 0 Å². The number of carbonyl (C=O) groups is 1. The molecule has 3 nitrogen and oxygen atoms in total. The van der Waals surface area contributed by atoms with Crippen molar-refractivity contribution in [1.82, 2.24) is 9.80 Å². The van der Waals surface area contributed by atoms with Crippen molar-refractivity contribution >= 4 is 28.8 Å². The molecule has 0 saturated carbocycles. The quantitative estimate of drug-likeness (QED) is 0.427. The highest BCUT2D eigenvalue weighted by Gasteiger charge is 2.38. The first-order valence-electron chi connectivity index (χ1n) is 11.6. The van der Waals surface area contributed by atoms with Gasteiger partial charge in [0.1, 0.15) is 5.82 Å². The summed E-state index contributed by atoms with van der Waals surface area (Å²) in [7, 11) is 0. The molecule has 0 bridgehead atoms. The predicted molar refractivity (Wildman–Crippen MR) is 133 cm³/mol. The van der Waals surface area contributed by atoms with E-state index < -0.39 is 0 Å². The highest BCUT2D eigenvalue weighted by molar-refractivity contribution is 7.08. The third-order valence-corrected chi connectivity index (χ3v) is 8.13. The van der Waals surface area contributed by atoms with Crippen molar-refractivity contribution in [2.45, 2.75) is 24.7 Å². The van der Waals surface area contributed by atoms with E-state index in [1.54, 1.807) is 35.6 Å². The van der Waals surface area contributed by atoms with Crippen molar-refractivity contribution in [2.75, 3.05) is 32.7 Å². The van der Waals surface area contributed by atoms with Gasteiger partial charge in [-0.3, -0.25) is 4.79 Å². The first-order valence-corrected chi connectivity index (χ1v) is 12.9. The van der Waals surface area contributed by atoms with E-state index in [4.69, 9.17) is 11.6 Å². The molecule has 1 amide bonds. The van der Waals surface area contributed by atoms with E-state index in [1.165, 1.54) is 11.1 Å². The van der Waals surface area contributed by atoms with Crippen LogP contribution in [0.4, 0.5) is 4.39 Å². The highest BCUT2D eigenvalue weighted by atomic mass is 35.5. The topological polar surface area (TPSA) is 23.6 Å². The van der Waals surface area contributed by atoms with Gasteiger partial charge < -0.3 is 9.80 Å². The van der Waals surface area contributed by atoms with Gasteiger partial charge in [0, 0.05) is 36.1 Å². The van der Waals surface area contributed by atoms with Crippen molar-refractivity contribution in [3.63, 3.8) is 0 Å². The Morgan fingerprint density at radius 1 is 1.03 bits per heavy atom. The van der Waals surface area contributed by atoms with Crippen LogP contribution in [0.2, 0.25) is 5.02 Å². The first-order chi connectivity index (χ1) is 16.1. The summed E-state index contributed by atoms with van der Waals surface area (Å²) in [5, 5.41) is 4.95. The van der Waals surface area contributed by atoms with Gasteiger partial charge >= 0.3 is 0 Å². The van der Waals surface area contributed by atoms with E-state index >= 15 is 0 Å². The summed E-state index contributed by atoms with van der Waals surface area (Å²) in [4.78, 5) is 17.8. The molecular weight excluding hydrogens is 455 g/mol. The number of piperidine rings is 1. The Balaban J connectivity index is 1.25. The minimum absolute atomic E-state index is 0.0650. The van der Waals surface area contributed by atoms with Gasteiger partial charge in [0.05, 0.1) is 0 Å². The fourth-order valence-electron chi connectivity index (χ4n) is 5.41. The molecule has 0 spiro atoms. The summed E-state index contributed by atoms with van der Waals surface area (Å²) >= 11 is 7.85. The Hall–Kier alpha value is -2.21. The number of hydrogen-bond acceptors (Lipinski definition) is 3. The van der Waals surface area contributed by atoms with Gasteiger partial charge in [-0.25, -0.2) is 4.39 Å². The molecule has 2 aliphatic heterocycles. The van der Waals surface area contributed by atoms with Gasteiger partial charge in [0.25, 0.3) is 5.91 Å². The molecule has 0 radical (unpaired) electrons. The lowest BCUT2D eigenvalue weighted by molar-refractivity contribution is 0.0781. The smallest absolute Gasteiger partial charge is 0.253 e. The van der Waals surface area contributed by atoms with Crippen molar-refractivity contribution in [1.29, 1.82) is 0 Å². The van der Waals surface area contributed by atoms with Gasteiger partial charge in [0.15, 0.2) is 0 Å². The lowest BCUT2D eigenvalue weighted by Crippen LogP contribution is -2.38. The lowest BCUT2D eigenvalue weighted by atomic mass is 9.87. The molecule has 5 rings (SSSR count). The minimum Gasteiger partial charge on any atom is -0.338 e. The fourth-order valence-corrected chi connectivity index (χ4v) is 6.32. The number of carbonyl (C=O) groups excluding carboxylic acids is 1. The van der Waals surface area contributed by atoms with Gasteiger partial charge in [-0.05, 0) is 96.1 Å². The first kappa shape index (κ1) is 22.6. The number of benzene rings is 2. The number of amides is 1. The van der Waals surface area contributed by atoms with Crippen molar-refractivity contribution < 1.29 is 9.18 Å². The average Bonchev–Trinajstić information content (AvgIpc) is 3.50. The molecule has 2 aromatic carbocycles. The molecule has 0 N–H and O–H groups in total. The zero-order valence-corrected chi connectivity index (χ0v) is 20.1. The maximum absolute atomic E-state index is 13.3. The van der Waals surface area contributed by atoms with E-state index in [0.717, 1.165) is 45.6 Å². The standard InChI is InChI=1S/C27H28ClFN2OS/c28-24-3-1-2-21(14-24)27(32)31-16-23(26(17-31)22-10-13-33-18-22)15-30-11-8-20(9-12-30)19-4-6-25(29)7-5-19/h1-7,10,13-14,18,20,23,26H,8-9,11-12,15-17H2/t23-,26?/m1/s1. The Morgan fingerprint density at radius 3 is 2.52 bits per heavy atom. The average molecular weight is 483 g/mol. The van der Waals surface area contributed by atoms with E-state index in [-0.39, 0.29) is 11.7 Å². The molecule has 3 heterocycles. The van der Waals surface area contributed by atoms with E-state index in [9.17, 15) is 9.18 Å². The number of rotatable bonds is 5. The SMILES string of the molecule is O=C(c1cccc(Cl)c1)N1CC(c2ccsc2)[C@H](CN2CCC(c3ccc(F)cc3)CC2)C1. The number of thiophene rings is 1. The molecule has 2 atom stereocenters. The van der Waals surface area contributed by atoms with E-state index in [0.29, 0.717) is 28.3 Å². The molecule has 33 heavy (non-hydrogen) atoms. The Morgan fingerprint density at radius 2 is 1.82 bits per heavy atom. The zero-order valence-electron chi connectivity index (χ0n) is 18.5.